The number of unbranched alkanes of at least 4 members (excludes halogenated alkanes) is 3. The van der Waals surface area contributed by atoms with E-state index in [1.807, 2.05) is 48.7 Å². The Balaban J connectivity index is 1.83. The van der Waals surface area contributed by atoms with Crippen molar-refractivity contribution >= 4 is 28.0 Å². The number of ether oxygens (including phenoxy) is 2. The van der Waals surface area contributed by atoms with Crippen molar-refractivity contribution in [3.05, 3.63) is 102 Å². The molecular formula is C32H34N2O3. The molecule has 0 saturated carbocycles. The molecule has 3 aromatic carbocycles. The monoisotopic (exact) mass is 494 g/mol. The first-order chi connectivity index (χ1) is 18.1. The molecule has 5 heteroatoms. The van der Waals surface area contributed by atoms with Crippen molar-refractivity contribution in [1.82, 2.24) is 10.2 Å². The lowest BCUT2D eigenvalue weighted by molar-refractivity contribution is -0.128. The van der Waals surface area contributed by atoms with Crippen molar-refractivity contribution in [2.45, 2.75) is 46.0 Å². The van der Waals surface area contributed by atoms with Crippen LogP contribution in [0.15, 0.2) is 85.6 Å². The molecule has 0 spiro atoms. The number of para-hydroxylation sites is 1. The zero-order valence-electron chi connectivity index (χ0n) is 21.6. The molecule has 1 N–H and O–H groups in total. The van der Waals surface area contributed by atoms with E-state index < -0.39 is 5.97 Å². The summed E-state index contributed by atoms with van der Waals surface area (Å²) in [5, 5.41) is 8.22. The van der Waals surface area contributed by atoms with Crippen molar-refractivity contribution < 1.29 is 14.3 Å². The molecule has 0 aliphatic rings. The van der Waals surface area contributed by atoms with Gasteiger partial charge in [-0.1, -0.05) is 76.1 Å². The first-order valence-electron chi connectivity index (χ1n) is 13.0. The van der Waals surface area contributed by atoms with E-state index in [4.69, 9.17) is 9.47 Å². The molecule has 37 heavy (non-hydrogen) atoms. The minimum atomic E-state index is -0.492. The highest BCUT2D eigenvalue weighted by Crippen LogP contribution is 2.40. The SMILES string of the molecule is C=CC(=O)Oc1ccccc1/C(=C(\CC)c1cccc(OCCCCCC)c1)c1ccc2[nH]ncc2c1. The molecule has 190 valence electrons. The molecule has 4 rings (SSSR count). The van der Waals surface area contributed by atoms with E-state index in [0.717, 1.165) is 57.3 Å². The maximum Gasteiger partial charge on any atom is 0.335 e. The van der Waals surface area contributed by atoms with Crippen LogP contribution in [-0.2, 0) is 4.79 Å². The number of nitrogens with zero attached hydrogens (tertiary/aromatic N) is 1. The summed E-state index contributed by atoms with van der Waals surface area (Å²) in [6.07, 6.45) is 8.42. The van der Waals surface area contributed by atoms with Crippen molar-refractivity contribution in [1.29, 1.82) is 0 Å². The van der Waals surface area contributed by atoms with Gasteiger partial charge in [0.2, 0.25) is 0 Å². The number of carbonyl (C=O) groups excluding carboxylic acids is 1. The summed E-state index contributed by atoms with van der Waals surface area (Å²) < 4.78 is 11.8. The summed E-state index contributed by atoms with van der Waals surface area (Å²) in [4.78, 5) is 12.2. The second-order valence-electron chi connectivity index (χ2n) is 8.94. The van der Waals surface area contributed by atoms with Gasteiger partial charge in [-0.05, 0) is 65.4 Å². The summed E-state index contributed by atoms with van der Waals surface area (Å²) in [7, 11) is 0. The average molecular weight is 495 g/mol. The molecule has 4 aromatic rings. The van der Waals surface area contributed by atoms with Crippen LogP contribution in [-0.4, -0.2) is 22.8 Å². The predicted octanol–water partition coefficient (Wildman–Crippen LogP) is 7.98. The number of aromatic amines is 1. The fourth-order valence-electron chi connectivity index (χ4n) is 4.52. The van der Waals surface area contributed by atoms with E-state index in [-0.39, 0.29) is 0 Å². The van der Waals surface area contributed by atoms with Crippen molar-refractivity contribution in [2.75, 3.05) is 6.61 Å². The number of aromatic nitrogens is 2. The van der Waals surface area contributed by atoms with Crippen LogP contribution in [0.4, 0.5) is 0 Å². The van der Waals surface area contributed by atoms with E-state index in [9.17, 15) is 4.79 Å². The lowest BCUT2D eigenvalue weighted by atomic mass is 9.87. The first-order valence-corrected chi connectivity index (χ1v) is 13.0. The second-order valence-corrected chi connectivity index (χ2v) is 8.94. The van der Waals surface area contributed by atoms with Gasteiger partial charge in [-0.15, -0.1) is 0 Å². The molecule has 1 heterocycles. The van der Waals surface area contributed by atoms with Crippen LogP contribution in [0.1, 0.15) is 62.6 Å². The summed E-state index contributed by atoms with van der Waals surface area (Å²) in [5.74, 6) is 0.855. The standard InChI is InChI=1S/C32H34N2O3/c1-4-7-8-11-19-36-26-14-12-13-23(21-26)27(5-2)32(24-17-18-29-25(20-24)22-33-34-29)28-15-9-10-16-30(28)37-31(35)6-3/h6,9-10,12-18,20-22H,3-5,7-8,11,19H2,1-2H3,(H,33,34)/b32-27+. The number of allylic oxidation sites excluding steroid dienone is 1. The third-order valence-corrected chi connectivity index (χ3v) is 6.37. The van der Waals surface area contributed by atoms with E-state index in [0.29, 0.717) is 12.4 Å². The molecule has 0 bridgehead atoms. The minimum Gasteiger partial charge on any atom is -0.494 e. The van der Waals surface area contributed by atoms with Crippen LogP contribution in [0.2, 0.25) is 0 Å². The molecule has 0 aliphatic carbocycles. The summed E-state index contributed by atoms with van der Waals surface area (Å²) >= 11 is 0. The van der Waals surface area contributed by atoms with Gasteiger partial charge in [0.15, 0.2) is 0 Å². The fourth-order valence-corrected chi connectivity index (χ4v) is 4.52. The highest BCUT2D eigenvalue weighted by atomic mass is 16.5. The number of benzene rings is 3. The van der Waals surface area contributed by atoms with Crippen LogP contribution in [0.3, 0.4) is 0 Å². The zero-order valence-corrected chi connectivity index (χ0v) is 21.6. The summed E-state index contributed by atoms with van der Waals surface area (Å²) in [6, 6.07) is 22.1. The maximum absolute atomic E-state index is 12.2. The van der Waals surface area contributed by atoms with E-state index >= 15 is 0 Å². The Morgan fingerprint density at radius 3 is 2.65 bits per heavy atom. The number of rotatable bonds is 12. The first kappa shape index (κ1) is 26.0. The molecule has 0 amide bonds. The largest absolute Gasteiger partial charge is 0.494 e. The van der Waals surface area contributed by atoms with Gasteiger partial charge in [0.25, 0.3) is 0 Å². The van der Waals surface area contributed by atoms with Crippen LogP contribution >= 0.6 is 0 Å². The van der Waals surface area contributed by atoms with E-state index in [1.165, 1.54) is 25.3 Å². The van der Waals surface area contributed by atoms with Crippen LogP contribution in [0, 0.1) is 0 Å². The third kappa shape index (κ3) is 6.36. The normalized spacial score (nSPS) is 11.7. The van der Waals surface area contributed by atoms with Gasteiger partial charge in [-0.25, -0.2) is 4.79 Å². The molecule has 0 aliphatic heterocycles. The van der Waals surface area contributed by atoms with Gasteiger partial charge in [0.05, 0.1) is 18.3 Å². The second kappa shape index (κ2) is 12.7. The average Bonchev–Trinajstić information content (AvgIpc) is 3.40. The highest BCUT2D eigenvalue weighted by Gasteiger charge is 2.19. The summed E-state index contributed by atoms with van der Waals surface area (Å²) in [6.45, 7) is 8.61. The smallest absolute Gasteiger partial charge is 0.335 e. The molecule has 0 radical (unpaired) electrons. The number of fused-ring (bicyclic) bond motifs is 1. The fraction of sp³-hybridized carbons (Fsp3) is 0.250. The molecule has 0 unspecified atom stereocenters. The number of nitrogens with one attached hydrogen (secondary N) is 1. The quantitative estimate of drug-likeness (QED) is 0.0713. The minimum absolute atomic E-state index is 0.490. The van der Waals surface area contributed by atoms with Crippen molar-refractivity contribution in [3.63, 3.8) is 0 Å². The molecule has 0 atom stereocenters. The number of esters is 1. The maximum atomic E-state index is 12.2. The summed E-state index contributed by atoms with van der Waals surface area (Å²) in [5.41, 5.74) is 6.01. The van der Waals surface area contributed by atoms with Gasteiger partial charge in [0, 0.05) is 17.0 Å². The lowest BCUT2D eigenvalue weighted by Crippen LogP contribution is -2.06. The Labute approximate surface area is 218 Å². The Kier molecular flexibility index (Phi) is 8.93. The van der Waals surface area contributed by atoms with Crippen molar-refractivity contribution in [3.8, 4) is 11.5 Å². The van der Waals surface area contributed by atoms with Crippen LogP contribution in [0.25, 0.3) is 22.0 Å². The van der Waals surface area contributed by atoms with Gasteiger partial charge in [0.1, 0.15) is 11.5 Å². The molecule has 0 fully saturated rings. The topological polar surface area (TPSA) is 64.2 Å². The van der Waals surface area contributed by atoms with Crippen LogP contribution in [0.5, 0.6) is 11.5 Å². The number of hydrogen-bond acceptors (Lipinski definition) is 4. The van der Waals surface area contributed by atoms with Crippen molar-refractivity contribution in [2.24, 2.45) is 0 Å². The van der Waals surface area contributed by atoms with E-state index in [2.05, 4.69) is 54.9 Å². The van der Waals surface area contributed by atoms with Gasteiger partial charge < -0.3 is 9.47 Å². The molecule has 5 nitrogen and oxygen atoms in total. The van der Waals surface area contributed by atoms with Crippen LogP contribution < -0.4 is 9.47 Å². The predicted molar refractivity (Wildman–Crippen MR) is 151 cm³/mol. The number of carbonyl (C=O) groups is 1. The highest BCUT2D eigenvalue weighted by molar-refractivity contribution is 6.02. The lowest BCUT2D eigenvalue weighted by Gasteiger charge is -2.19. The van der Waals surface area contributed by atoms with Gasteiger partial charge in [-0.3, -0.25) is 5.10 Å². The molecule has 1 aromatic heterocycles. The van der Waals surface area contributed by atoms with Gasteiger partial charge >= 0.3 is 5.97 Å². The third-order valence-electron chi connectivity index (χ3n) is 6.37. The Hall–Kier alpha value is -4.12. The Bertz CT molecular complexity index is 1400. The molecule has 0 saturated heterocycles. The number of hydrogen-bond donors (Lipinski definition) is 1. The number of H-pyrrole nitrogens is 1. The van der Waals surface area contributed by atoms with Gasteiger partial charge in [-0.2, -0.15) is 5.10 Å². The zero-order chi connectivity index (χ0) is 26.0. The Morgan fingerprint density at radius 1 is 0.973 bits per heavy atom. The Morgan fingerprint density at radius 2 is 1.84 bits per heavy atom. The van der Waals surface area contributed by atoms with E-state index in [1.54, 1.807) is 0 Å². The molecular weight excluding hydrogens is 460 g/mol.